The predicted octanol–water partition coefficient (Wildman–Crippen LogP) is 2.96. The molecule has 0 atom stereocenters. The van der Waals surface area contributed by atoms with Gasteiger partial charge in [0.2, 0.25) is 0 Å². The summed E-state index contributed by atoms with van der Waals surface area (Å²) in [5.74, 6) is 1.05. The number of aromatic nitrogens is 3. The van der Waals surface area contributed by atoms with Crippen molar-refractivity contribution in [3.63, 3.8) is 0 Å². The van der Waals surface area contributed by atoms with E-state index < -0.39 is 6.03 Å². The second-order valence-corrected chi connectivity index (χ2v) is 7.40. The molecular formula is C23H27N5O5S. The number of carbonyl (C=O) groups is 1. The quantitative estimate of drug-likeness (QED) is 0.192. The van der Waals surface area contributed by atoms with E-state index in [1.165, 1.54) is 4.31 Å². The second-order valence-electron chi connectivity index (χ2n) is 6.92. The lowest BCUT2D eigenvalue weighted by molar-refractivity contribution is 0.0247. The number of hydrogen-bond donors (Lipinski definition) is 3. The van der Waals surface area contributed by atoms with Crippen LogP contribution in [-0.4, -0.2) is 76.6 Å². The van der Waals surface area contributed by atoms with Gasteiger partial charge in [0, 0.05) is 5.56 Å². The van der Waals surface area contributed by atoms with Gasteiger partial charge in [-0.2, -0.15) is 0 Å². The summed E-state index contributed by atoms with van der Waals surface area (Å²) in [6.07, 6.45) is 3.24. The molecule has 0 aliphatic rings. The van der Waals surface area contributed by atoms with E-state index in [0.717, 1.165) is 5.56 Å². The molecule has 0 bridgehead atoms. The van der Waals surface area contributed by atoms with Crippen molar-refractivity contribution in [3.8, 4) is 17.0 Å². The Bertz CT molecular complexity index is 1080. The molecule has 0 radical (unpaired) electrons. The molecule has 2 heterocycles. The SMILES string of the molecule is C=CCN(S)C(=O)Nc1ccc2ncc(-c3ccc(OCCOCCOCCO)cc3)nc2n1. The molecule has 1 aromatic carbocycles. The second kappa shape index (κ2) is 13.5. The number of benzene rings is 1. The molecule has 3 rings (SSSR count). The van der Waals surface area contributed by atoms with Gasteiger partial charge in [0.05, 0.1) is 51.5 Å². The van der Waals surface area contributed by atoms with Gasteiger partial charge in [0.1, 0.15) is 23.7 Å². The van der Waals surface area contributed by atoms with Crippen LogP contribution in [0.1, 0.15) is 0 Å². The molecule has 0 saturated carbocycles. The first-order valence-corrected chi connectivity index (χ1v) is 11.0. The zero-order valence-electron chi connectivity index (χ0n) is 18.6. The molecular weight excluding hydrogens is 458 g/mol. The van der Waals surface area contributed by atoms with Crippen molar-refractivity contribution in [2.24, 2.45) is 0 Å². The average molecular weight is 486 g/mol. The van der Waals surface area contributed by atoms with Crippen molar-refractivity contribution in [1.82, 2.24) is 19.3 Å². The number of thiol groups is 1. The Kier molecular flexibility index (Phi) is 10.0. The van der Waals surface area contributed by atoms with Gasteiger partial charge in [-0.3, -0.25) is 14.6 Å². The molecule has 3 aromatic rings. The maximum atomic E-state index is 12.1. The summed E-state index contributed by atoms with van der Waals surface area (Å²) in [5, 5.41) is 11.3. The third kappa shape index (κ3) is 7.66. The maximum absolute atomic E-state index is 12.1. The van der Waals surface area contributed by atoms with Crippen LogP contribution in [-0.2, 0) is 9.47 Å². The highest BCUT2D eigenvalue weighted by atomic mass is 32.1. The minimum absolute atomic E-state index is 0.00531. The molecule has 2 N–H and O–H groups in total. The van der Waals surface area contributed by atoms with Crippen molar-refractivity contribution in [1.29, 1.82) is 0 Å². The Morgan fingerprint density at radius 1 is 1.06 bits per heavy atom. The van der Waals surface area contributed by atoms with Gasteiger partial charge in [-0.25, -0.2) is 14.8 Å². The Labute approximate surface area is 203 Å². The third-order valence-electron chi connectivity index (χ3n) is 4.43. The van der Waals surface area contributed by atoms with E-state index in [9.17, 15) is 4.79 Å². The van der Waals surface area contributed by atoms with Gasteiger partial charge < -0.3 is 19.3 Å². The number of hydrogen-bond acceptors (Lipinski definition) is 9. The number of fused-ring (bicyclic) bond motifs is 1. The van der Waals surface area contributed by atoms with Gasteiger partial charge >= 0.3 is 6.03 Å². The van der Waals surface area contributed by atoms with Crippen LogP contribution in [0.2, 0.25) is 0 Å². The molecule has 0 aliphatic heterocycles. The van der Waals surface area contributed by atoms with Gasteiger partial charge in [0.25, 0.3) is 0 Å². The molecule has 2 aromatic heterocycles. The summed E-state index contributed by atoms with van der Waals surface area (Å²) in [6, 6.07) is 10.4. The fourth-order valence-corrected chi connectivity index (χ4v) is 2.98. The lowest BCUT2D eigenvalue weighted by Gasteiger charge is -2.14. The van der Waals surface area contributed by atoms with Crippen molar-refractivity contribution in [2.45, 2.75) is 0 Å². The van der Waals surface area contributed by atoms with E-state index in [-0.39, 0.29) is 6.61 Å². The number of anilines is 1. The van der Waals surface area contributed by atoms with Crippen molar-refractivity contribution < 1.29 is 24.1 Å². The number of rotatable bonds is 13. The molecule has 34 heavy (non-hydrogen) atoms. The smallest absolute Gasteiger partial charge is 0.333 e. The Morgan fingerprint density at radius 3 is 2.53 bits per heavy atom. The highest BCUT2D eigenvalue weighted by Gasteiger charge is 2.11. The minimum Gasteiger partial charge on any atom is -0.491 e. The number of pyridine rings is 1. The van der Waals surface area contributed by atoms with Crippen molar-refractivity contribution in [3.05, 3.63) is 55.3 Å². The minimum atomic E-state index is -0.421. The Morgan fingerprint density at radius 2 is 1.79 bits per heavy atom. The number of carbonyl (C=O) groups excluding carboxylic acids is 1. The standard InChI is InChI=1S/C23H27N5O5S/c1-2-9-28(34)23(30)27-21-8-7-19-22(26-21)25-20(16-24-19)17-3-5-18(6-4-17)33-15-14-32-13-12-31-11-10-29/h2-8,16,29,34H,1,9-15H2,(H,25,26,27,30). The number of aliphatic hydroxyl groups is 1. The topological polar surface area (TPSA) is 119 Å². The van der Waals surface area contributed by atoms with Gasteiger partial charge in [0.15, 0.2) is 5.65 Å². The van der Waals surface area contributed by atoms with Crippen LogP contribution < -0.4 is 10.1 Å². The summed E-state index contributed by atoms with van der Waals surface area (Å²) in [4.78, 5) is 25.5. The maximum Gasteiger partial charge on any atom is 0.333 e. The average Bonchev–Trinajstić information content (AvgIpc) is 2.85. The molecule has 0 fully saturated rings. The van der Waals surface area contributed by atoms with Gasteiger partial charge in [-0.05, 0) is 36.4 Å². The van der Waals surface area contributed by atoms with Crippen LogP contribution in [0.4, 0.5) is 10.6 Å². The predicted molar refractivity (Wildman–Crippen MR) is 132 cm³/mol. The molecule has 2 amide bonds. The van der Waals surface area contributed by atoms with Gasteiger partial charge in [-0.15, -0.1) is 6.58 Å². The highest BCUT2D eigenvalue weighted by Crippen LogP contribution is 2.22. The van der Waals surface area contributed by atoms with E-state index in [1.54, 1.807) is 24.4 Å². The van der Waals surface area contributed by atoms with E-state index in [0.29, 0.717) is 68.0 Å². The summed E-state index contributed by atoms with van der Waals surface area (Å²) >= 11 is 4.09. The summed E-state index contributed by atoms with van der Waals surface area (Å²) < 4.78 is 17.4. The number of ether oxygens (including phenoxy) is 3. The lowest BCUT2D eigenvalue weighted by Crippen LogP contribution is -2.27. The number of nitrogens with zero attached hydrogens (tertiary/aromatic N) is 4. The van der Waals surface area contributed by atoms with Crippen LogP contribution in [0, 0.1) is 0 Å². The monoisotopic (exact) mass is 485 g/mol. The number of amides is 2. The van der Waals surface area contributed by atoms with E-state index in [2.05, 4.69) is 39.7 Å². The molecule has 0 unspecified atom stereocenters. The molecule has 180 valence electrons. The number of urea groups is 1. The van der Waals surface area contributed by atoms with Crippen molar-refractivity contribution >= 4 is 35.8 Å². The van der Waals surface area contributed by atoms with Gasteiger partial charge in [-0.1, -0.05) is 18.9 Å². The summed E-state index contributed by atoms with van der Waals surface area (Å²) in [6.45, 7) is 5.92. The highest BCUT2D eigenvalue weighted by molar-refractivity contribution is 7.78. The molecule has 0 spiro atoms. The number of nitrogens with one attached hydrogen (secondary N) is 1. The molecule has 10 nitrogen and oxygen atoms in total. The summed E-state index contributed by atoms with van der Waals surface area (Å²) in [7, 11) is 0. The third-order valence-corrected chi connectivity index (χ3v) is 4.78. The molecule has 0 saturated heterocycles. The first-order valence-electron chi connectivity index (χ1n) is 10.6. The normalized spacial score (nSPS) is 10.8. The fraction of sp³-hybridized carbons (Fsp3) is 0.304. The van der Waals surface area contributed by atoms with Crippen LogP contribution in [0.15, 0.2) is 55.3 Å². The van der Waals surface area contributed by atoms with Crippen LogP contribution in [0.5, 0.6) is 5.75 Å². The zero-order chi connectivity index (χ0) is 24.2. The van der Waals surface area contributed by atoms with E-state index >= 15 is 0 Å². The fourth-order valence-electron chi connectivity index (χ4n) is 2.81. The lowest BCUT2D eigenvalue weighted by atomic mass is 10.1. The molecule has 11 heteroatoms. The largest absolute Gasteiger partial charge is 0.491 e. The number of aliphatic hydroxyl groups excluding tert-OH is 1. The zero-order valence-corrected chi connectivity index (χ0v) is 19.5. The Hall–Kier alpha value is -3.25. The first kappa shape index (κ1) is 25.4. The summed E-state index contributed by atoms with van der Waals surface area (Å²) in [5.41, 5.74) is 2.51. The molecule has 0 aliphatic carbocycles. The van der Waals surface area contributed by atoms with Crippen LogP contribution in [0.25, 0.3) is 22.4 Å². The van der Waals surface area contributed by atoms with E-state index in [4.69, 9.17) is 19.3 Å². The van der Waals surface area contributed by atoms with Crippen molar-refractivity contribution in [2.75, 3.05) is 51.5 Å². The van der Waals surface area contributed by atoms with Crippen LogP contribution in [0.3, 0.4) is 0 Å². The van der Waals surface area contributed by atoms with Crippen LogP contribution >= 0.6 is 12.8 Å². The Balaban J connectivity index is 1.57. The first-order chi connectivity index (χ1) is 16.6. The van der Waals surface area contributed by atoms with E-state index in [1.807, 2.05) is 24.3 Å².